The van der Waals surface area contributed by atoms with Crippen LogP contribution >= 0.6 is 0 Å². The average molecular weight is 217 g/mol. The van der Waals surface area contributed by atoms with Crippen LogP contribution in [0.15, 0.2) is 5.34 Å². The summed E-state index contributed by atoms with van der Waals surface area (Å²) in [5, 5.41) is 2.61. The SMILES string of the molecule is COC(C(C)(C)C)[N+]1(ON=O)CCCC1. The van der Waals surface area contributed by atoms with Crippen molar-refractivity contribution in [1.29, 1.82) is 0 Å². The second kappa shape index (κ2) is 4.45. The maximum atomic E-state index is 10.4. The van der Waals surface area contributed by atoms with E-state index in [0.29, 0.717) is 0 Å². The van der Waals surface area contributed by atoms with Crippen LogP contribution in [0, 0.1) is 10.3 Å². The van der Waals surface area contributed by atoms with E-state index in [4.69, 9.17) is 9.68 Å². The van der Waals surface area contributed by atoms with Gasteiger partial charge in [0.15, 0.2) is 0 Å². The first-order valence-corrected chi connectivity index (χ1v) is 5.37. The van der Waals surface area contributed by atoms with Gasteiger partial charge in [-0.25, -0.2) is 0 Å². The molecule has 15 heavy (non-hydrogen) atoms. The molecule has 1 unspecified atom stereocenters. The minimum absolute atomic E-state index is 0.0796. The third-order valence-electron chi connectivity index (χ3n) is 2.91. The van der Waals surface area contributed by atoms with E-state index in [-0.39, 0.29) is 16.3 Å². The van der Waals surface area contributed by atoms with E-state index >= 15 is 0 Å². The summed E-state index contributed by atoms with van der Waals surface area (Å²) in [6, 6.07) is 0. The van der Waals surface area contributed by atoms with Crippen LogP contribution in [0.5, 0.6) is 0 Å². The predicted molar refractivity (Wildman–Crippen MR) is 56.4 cm³/mol. The molecule has 5 heteroatoms. The Labute approximate surface area is 90.8 Å². The first-order chi connectivity index (χ1) is 6.96. The van der Waals surface area contributed by atoms with E-state index in [9.17, 15) is 4.91 Å². The Morgan fingerprint density at radius 3 is 2.13 bits per heavy atom. The number of hydroxylamine groups is 3. The van der Waals surface area contributed by atoms with Crippen molar-refractivity contribution in [2.45, 2.75) is 39.8 Å². The van der Waals surface area contributed by atoms with Gasteiger partial charge in [-0.05, 0) is 0 Å². The monoisotopic (exact) mass is 217 g/mol. The molecule has 1 rings (SSSR count). The van der Waals surface area contributed by atoms with Gasteiger partial charge in [0, 0.05) is 25.4 Å². The molecule has 0 saturated carbocycles. The van der Waals surface area contributed by atoms with Crippen molar-refractivity contribution in [2.24, 2.45) is 10.8 Å². The Morgan fingerprint density at radius 2 is 1.80 bits per heavy atom. The third kappa shape index (κ3) is 2.46. The van der Waals surface area contributed by atoms with Gasteiger partial charge in [0.1, 0.15) is 13.1 Å². The molecule has 1 saturated heterocycles. The molecule has 1 aliphatic rings. The number of likely N-dealkylation sites (tertiary alicyclic amines) is 1. The normalized spacial score (nSPS) is 22.4. The van der Waals surface area contributed by atoms with Crippen LogP contribution in [0.4, 0.5) is 0 Å². The highest BCUT2D eigenvalue weighted by Gasteiger charge is 2.50. The first kappa shape index (κ1) is 12.4. The zero-order valence-corrected chi connectivity index (χ0v) is 10.0. The van der Waals surface area contributed by atoms with Gasteiger partial charge in [-0.1, -0.05) is 25.4 Å². The summed E-state index contributed by atoms with van der Waals surface area (Å²) in [7, 11) is 1.66. The molecule has 0 radical (unpaired) electrons. The standard InChI is InChI=1S/C10H21N2O3/c1-10(2,3)9(14-4)12(15-11-13)7-5-6-8-12/h9H,5-8H2,1-4H3/q+1. The quantitative estimate of drug-likeness (QED) is 0.412. The fraction of sp³-hybridized carbons (Fsp3) is 1.00. The number of rotatable bonds is 4. The third-order valence-corrected chi connectivity index (χ3v) is 2.91. The Balaban J connectivity index is 2.90. The van der Waals surface area contributed by atoms with Crippen LogP contribution in [-0.2, 0) is 9.68 Å². The van der Waals surface area contributed by atoms with Gasteiger partial charge in [0.25, 0.3) is 0 Å². The lowest BCUT2D eigenvalue weighted by atomic mass is 9.93. The molecule has 1 aliphatic heterocycles. The lowest BCUT2D eigenvalue weighted by molar-refractivity contribution is -1.13. The van der Waals surface area contributed by atoms with E-state index < -0.39 is 0 Å². The Hall–Kier alpha value is -0.680. The Bertz CT molecular complexity index is 219. The lowest BCUT2D eigenvalue weighted by Gasteiger charge is -2.39. The Morgan fingerprint density at radius 1 is 1.27 bits per heavy atom. The van der Waals surface area contributed by atoms with Crippen molar-refractivity contribution >= 4 is 0 Å². The second-order valence-electron chi connectivity index (χ2n) is 5.22. The van der Waals surface area contributed by atoms with Gasteiger partial charge in [-0.15, -0.1) is 4.91 Å². The van der Waals surface area contributed by atoms with Crippen LogP contribution in [-0.4, -0.2) is 31.1 Å². The van der Waals surface area contributed by atoms with Crippen molar-refractivity contribution in [1.82, 2.24) is 0 Å². The summed E-state index contributed by atoms with van der Waals surface area (Å²) in [5.41, 5.74) is -0.0796. The van der Waals surface area contributed by atoms with Gasteiger partial charge in [0.2, 0.25) is 11.6 Å². The second-order valence-corrected chi connectivity index (χ2v) is 5.22. The Kier molecular flexibility index (Phi) is 3.67. The van der Waals surface area contributed by atoms with Crippen molar-refractivity contribution in [3.63, 3.8) is 0 Å². The molecule has 88 valence electrons. The lowest BCUT2D eigenvalue weighted by Crippen LogP contribution is -2.58. The van der Waals surface area contributed by atoms with Crippen LogP contribution in [0.3, 0.4) is 0 Å². The minimum atomic E-state index is -0.155. The highest BCUT2D eigenvalue weighted by atomic mass is 16.9. The molecule has 1 fully saturated rings. The van der Waals surface area contributed by atoms with Gasteiger partial charge < -0.3 is 4.74 Å². The van der Waals surface area contributed by atoms with Gasteiger partial charge in [0.05, 0.1) is 0 Å². The molecule has 0 amide bonds. The first-order valence-electron chi connectivity index (χ1n) is 5.37. The molecule has 5 nitrogen and oxygen atoms in total. The average Bonchev–Trinajstić information content (AvgIpc) is 2.53. The number of methoxy groups -OCH3 is 1. The highest BCUT2D eigenvalue weighted by Crippen LogP contribution is 2.35. The van der Waals surface area contributed by atoms with E-state index in [1.165, 1.54) is 0 Å². The molecular formula is C10H21N2O3+. The maximum Gasteiger partial charge on any atom is 0.238 e. The molecule has 0 aromatic heterocycles. The molecule has 1 atom stereocenters. The summed E-state index contributed by atoms with van der Waals surface area (Å²) in [6.45, 7) is 7.82. The van der Waals surface area contributed by atoms with Crippen molar-refractivity contribution in [3.05, 3.63) is 4.91 Å². The molecule has 0 bridgehead atoms. The number of nitrogens with zero attached hydrogens (tertiary/aromatic N) is 2. The predicted octanol–water partition coefficient (Wildman–Crippen LogP) is 2.23. The number of ether oxygens (including phenoxy) is 1. The number of hydrogen-bond donors (Lipinski definition) is 0. The van der Waals surface area contributed by atoms with Crippen LogP contribution < -0.4 is 0 Å². The maximum absolute atomic E-state index is 10.4. The summed E-state index contributed by atoms with van der Waals surface area (Å²) in [4.78, 5) is 15.4. The summed E-state index contributed by atoms with van der Waals surface area (Å²) in [5.74, 6) is 0. The zero-order chi connectivity index (χ0) is 11.5. The smallest absolute Gasteiger partial charge is 0.238 e. The van der Waals surface area contributed by atoms with E-state index in [1.807, 2.05) is 0 Å². The fourth-order valence-corrected chi connectivity index (χ4v) is 2.55. The molecule has 1 heterocycles. The molecular weight excluding hydrogens is 196 g/mol. The van der Waals surface area contributed by atoms with E-state index in [0.717, 1.165) is 25.9 Å². The van der Waals surface area contributed by atoms with Gasteiger partial charge >= 0.3 is 0 Å². The fourth-order valence-electron chi connectivity index (χ4n) is 2.55. The molecule has 0 aromatic rings. The topological polar surface area (TPSA) is 47.9 Å². The summed E-state index contributed by atoms with van der Waals surface area (Å²) < 4.78 is 5.71. The highest BCUT2D eigenvalue weighted by molar-refractivity contribution is 4.68. The van der Waals surface area contributed by atoms with Crippen molar-refractivity contribution < 1.29 is 14.3 Å². The van der Waals surface area contributed by atoms with E-state index in [1.54, 1.807) is 7.11 Å². The number of quaternary nitrogens is 1. The van der Waals surface area contributed by atoms with Gasteiger partial charge in [-0.3, -0.25) is 0 Å². The van der Waals surface area contributed by atoms with Crippen molar-refractivity contribution in [3.8, 4) is 0 Å². The van der Waals surface area contributed by atoms with Crippen molar-refractivity contribution in [2.75, 3.05) is 20.2 Å². The molecule has 0 aliphatic carbocycles. The van der Waals surface area contributed by atoms with Gasteiger partial charge in [-0.2, -0.15) is 4.94 Å². The number of hydrogen-bond acceptors (Lipinski definition) is 4. The van der Waals surface area contributed by atoms with E-state index in [2.05, 4.69) is 26.1 Å². The zero-order valence-electron chi connectivity index (χ0n) is 10.0. The molecule has 0 spiro atoms. The van der Waals surface area contributed by atoms with Crippen LogP contribution in [0.2, 0.25) is 0 Å². The minimum Gasteiger partial charge on any atom is -0.329 e. The largest absolute Gasteiger partial charge is 0.329 e. The summed E-state index contributed by atoms with van der Waals surface area (Å²) >= 11 is 0. The van der Waals surface area contributed by atoms with Crippen LogP contribution in [0.1, 0.15) is 33.6 Å². The summed E-state index contributed by atoms with van der Waals surface area (Å²) in [6.07, 6.45) is 1.94. The molecule has 0 N–H and O–H groups in total. The molecule has 0 aromatic carbocycles. The van der Waals surface area contributed by atoms with Crippen LogP contribution in [0.25, 0.3) is 0 Å².